The van der Waals surface area contributed by atoms with Gasteiger partial charge in [0.15, 0.2) is 5.75 Å². The highest BCUT2D eigenvalue weighted by atomic mass is 16.7. The molecule has 1 aromatic heterocycles. The van der Waals surface area contributed by atoms with Crippen LogP contribution < -0.4 is 4.84 Å². The predicted octanol–water partition coefficient (Wildman–Crippen LogP) is 1.43. The fourth-order valence-electron chi connectivity index (χ4n) is 0.950. The van der Waals surface area contributed by atoms with Crippen LogP contribution in [0.5, 0.6) is 11.6 Å². The molecule has 0 atom stereocenters. The summed E-state index contributed by atoms with van der Waals surface area (Å²) in [5.41, 5.74) is 0. The van der Waals surface area contributed by atoms with Crippen molar-refractivity contribution in [1.82, 2.24) is 9.71 Å². The molecule has 0 amide bonds. The van der Waals surface area contributed by atoms with Crippen LogP contribution in [0.1, 0.15) is 0 Å². The average Bonchev–Trinajstić information content (AvgIpc) is 2.53. The minimum absolute atomic E-state index is 0.0593. The van der Waals surface area contributed by atoms with Crippen LogP contribution in [0.4, 0.5) is 0 Å². The number of hydrogen-bond acceptors (Lipinski definition) is 3. The van der Waals surface area contributed by atoms with Gasteiger partial charge >= 0.3 is 0 Å². The Hall–Kier alpha value is -1.97. The fraction of sp³-hybridized carbons (Fsp3) is 0. The largest absolute Gasteiger partial charge is 0.492 e. The van der Waals surface area contributed by atoms with Crippen molar-refractivity contribution in [2.24, 2.45) is 0 Å². The molecule has 0 bridgehead atoms. The van der Waals surface area contributed by atoms with E-state index in [1.807, 2.05) is 30.3 Å². The van der Waals surface area contributed by atoms with Crippen molar-refractivity contribution in [3.63, 3.8) is 0 Å². The Morgan fingerprint density at radius 2 is 2.00 bits per heavy atom. The quantitative estimate of drug-likeness (QED) is 0.752. The third-order valence-corrected chi connectivity index (χ3v) is 1.50. The Morgan fingerprint density at radius 1 is 1.23 bits per heavy atom. The maximum absolute atomic E-state index is 8.92. The Balaban J connectivity index is 2.15. The molecule has 1 heterocycles. The van der Waals surface area contributed by atoms with E-state index < -0.39 is 0 Å². The first-order chi connectivity index (χ1) is 6.34. The first-order valence-electron chi connectivity index (χ1n) is 3.81. The zero-order chi connectivity index (χ0) is 9.10. The SMILES string of the molecule is Oc1cn(Oc2ccccc2)cn1. The molecular formula is C9H8N2O2. The highest BCUT2D eigenvalue weighted by Gasteiger charge is 1.96. The summed E-state index contributed by atoms with van der Waals surface area (Å²) in [7, 11) is 0. The Kier molecular flexibility index (Phi) is 1.88. The molecule has 0 spiro atoms. The third-order valence-electron chi connectivity index (χ3n) is 1.50. The van der Waals surface area contributed by atoms with E-state index >= 15 is 0 Å². The highest BCUT2D eigenvalue weighted by Crippen LogP contribution is 2.10. The molecule has 0 aliphatic rings. The molecular weight excluding hydrogens is 168 g/mol. The number of benzene rings is 1. The molecule has 1 N–H and O–H groups in total. The zero-order valence-corrected chi connectivity index (χ0v) is 6.79. The lowest BCUT2D eigenvalue weighted by Crippen LogP contribution is -2.00. The van der Waals surface area contributed by atoms with Gasteiger partial charge in [0.2, 0.25) is 5.88 Å². The summed E-state index contributed by atoms with van der Waals surface area (Å²) in [5, 5.41) is 8.92. The van der Waals surface area contributed by atoms with E-state index in [2.05, 4.69) is 4.98 Å². The number of para-hydroxylation sites is 1. The van der Waals surface area contributed by atoms with Gasteiger partial charge in [0.05, 0.1) is 0 Å². The molecule has 1 aromatic carbocycles. The minimum Gasteiger partial charge on any atom is -0.492 e. The lowest BCUT2D eigenvalue weighted by molar-refractivity contribution is 0.214. The molecule has 0 aliphatic heterocycles. The number of rotatable bonds is 2. The highest BCUT2D eigenvalue weighted by molar-refractivity contribution is 5.21. The summed E-state index contributed by atoms with van der Waals surface area (Å²) < 4.78 is 1.34. The predicted molar refractivity (Wildman–Crippen MR) is 46.4 cm³/mol. The molecule has 4 heteroatoms. The van der Waals surface area contributed by atoms with Crippen LogP contribution in [0.15, 0.2) is 42.9 Å². The lowest BCUT2D eigenvalue weighted by Gasteiger charge is -2.02. The Morgan fingerprint density at radius 3 is 2.62 bits per heavy atom. The normalized spacial score (nSPS) is 9.85. The molecule has 13 heavy (non-hydrogen) atoms. The first-order valence-corrected chi connectivity index (χ1v) is 3.81. The van der Waals surface area contributed by atoms with E-state index in [0.717, 1.165) is 0 Å². The summed E-state index contributed by atoms with van der Waals surface area (Å²) in [6.07, 6.45) is 2.77. The van der Waals surface area contributed by atoms with E-state index in [0.29, 0.717) is 5.75 Å². The number of aromatic nitrogens is 2. The van der Waals surface area contributed by atoms with E-state index in [1.54, 1.807) is 0 Å². The molecule has 0 aliphatic carbocycles. The van der Waals surface area contributed by atoms with Gasteiger partial charge in [-0.3, -0.25) is 0 Å². The molecule has 2 rings (SSSR count). The molecule has 0 saturated carbocycles. The van der Waals surface area contributed by atoms with Crippen LogP contribution in [0.25, 0.3) is 0 Å². The van der Waals surface area contributed by atoms with Gasteiger partial charge in [-0.15, -0.1) is 0 Å². The van der Waals surface area contributed by atoms with Crippen LogP contribution in [0, 0.1) is 0 Å². The molecule has 2 aromatic rings. The molecule has 66 valence electrons. The molecule has 0 saturated heterocycles. The topological polar surface area (TPSA) is 47.3 Å². The van der Waals surface area contributed by atoms with Crippen molar-refractivity contribution in [1.29, 1.82) is 0 Å². The third kappa shape index (κ3) is 1.79. The smallest absolute Gasteiger partial charge is 0.232 e. The minimum atomic E-state index is -0.0593. The van der Waals surface area contributed by atoms with Crippen LogP contribution in [-0.4, -0.2) is 14.8 Å². The number of aromatic hydroxyl groups is 1. The second kappa shape index (κ2) is 3.18. The maximum atomic E-state index is 8.92. The summed E-state index contributed by atoms with van der Waals surface area (Å²) in [4.78, 5) is 8.90. The number of imidazole rings is 1. The summed E-state index contributed by atoms with van der Waals surface area (Å²) in [6, 6.07) is 9.27. The van der Waals surface area contributed by atoms with E-state index in [9.17, 15) is 0 Å². The van der Waals surface area contributed by atoms with Gasteiger partial charge in [-0.25, -0.2) is 0 Å². The van der Waals surface area contributed by atoms with Gasteiger partial charge in [0.25, 0.3) is 0 Å². The van der Waals surface area contributed by atoms with Gasteiger partial charge < -0.3 is 9.94 Å². The maximum Gasteiger partial charge on any atom is 0.232 e. The monoisotopic (exact) mass is 176 g/mol. The van der Waals surface area contributed by atoms with Crippen molar-refractivity contribution in [3.05, 3.63) is 42.9 Å². The number of hydrogen-bond donors (Lipinski definition) is 1. The first kappa shape index (κ1) is 7.67. The average molecular weight is 176 g/mol. The molecule has 4 nitrogen and oxygen atoms in total. The summed E-state index contributed by atoms with van der Waals surface area (Å²) in [5.74, 6) is 0.635. The van der Waals surface area contributed by atoms with Crippen molar-refractivity contribution in [3.8, 4) is 11.6 Å². The van der Waals surface area contributed by atoms with Crippen LogP contribution in [0.2, 0.25) is 0 Å². The van der Waals surface area contributed by atoms with Gasteiger partial charge in [-0.05, 0) is 12.1 Å². The van der Waals surface area contributed by atoms with Gasteiger partial charge in [-0.1, -0.05) is 18.2 Å². The molecule has 0 unspecified atom stereocenters. The Labute approximate surface area is 75.0 Å². The second-order valence-corrected chi connectivity index (χ2v) is 2.50. The zero-order valence-electron chi connectivity index (χ0n) is 6.79. The van der Waals surface area contributed by atoms with E-state index in [4.69, 9.17) is 9.94 Å². The van der Waals surface area contributed by atoms with Crippen molar-refractivity contribution in [2.75, 3.05) is 0 Å². The van der Waals surface area contributed by atoms with Crippen molar-refractivity contribution < 1.29 is 9.94 Å². The van der Waals surface area contributed by atoms with Gasteiger partial charge in [0.1, 0.15) is 12.5 Å². The molecule has 0 fully saturated rings. The van der Waals surface area contributed by atoms with Crippen molar-refractivity contribution >= 4 is 0 Å². The summed E-state index contributed by atoms with van der Waals surface area (Å²) >= 11 is 0. The second-order valence-electron chi connectivity index (χ2n) is 2.50. The van der Waals surface area contributed by atoms with Crippen LogP contribution >= 0.6 is 0 Å². The van der Waals surface area contributed by atoms with Gasteiger partial charge in [0, 0.05) is 0 Å². The van der Waals surface area contributed by atoms with E-state index in [-0.39, 0.29) is 5.88 Å². The fourth-order valence-corrected chi connectivity index (χ4v) is 0.950. The van der Waals surface area contributed by atoms with Crippen molar-refractivity contribution in [2.45, 2.75) is 0 Å². The standard InChI is InChI=1S/C9H8N2O2/c12-9-6-11(7-10-9)13-8-4-2-1-3-5-8/h1-7,12H. The summed E-state index contributed by atoms with van der Waals surface area (Å²) in [6.45, 7) is 0. The Bertz CT molecular complexity index is 384. The lowest BCUT2D eigenvalue weighted by atomic mass is 10.3. The van der Waals surface area contributed by atoms with Gasteiger partial charge in [-0.2, -0.15) is 9.71 Å². The molecule has 0 radical (unpaired) electrons. The van der Waals surface area contributed by atoms with Crippen LogP contribution in [0.3, 0.4) is 0 Å². The number of nitrogens with zero attached hydrogens (tertiary/aromatic N) is 2. The van der Waals surface area contributed by atoms with E-state index in [1.165, 1.54) is 17.3 Å². The van der Waals surface area contributed by atoms with Crippen LogP contribution in [-0.2, 0) is 0 Å².